The molecule has 0 fully saturated rings. The van der Waals surface area contributed by atoms with E-state index in [1.807, 2.05) is 17.5 Å². The summed E-state index contributed by atoms with van der Waals surface area (Å²) < 4.78 is 0. The maximum Gasteiger partial charge on any atom is 0.0407 e. The molecule has 0 bridgehead atoms. The van der Waals surface area contributed by atoms with Crippen LogP contribution in [0.15, 0.2) is 29.9 Å². The minimum absolute atomic E-state index is 0.396. The molecule has 0 amide bonds. The fourth-order valence-electron chi connectivity index (χ4n) is 3.44. The first-order chi connectivity index (χ1) is 10.3. The molecule has 1 aliphatic rings. The van der Waals surface area contributed by atoms with Crippen LogP contribution in [0.2, 0.25) is 0 Å². The number of hydrogen-bond acceptors (Lipinski definition) is 3. The fourth-order valence-corrected chi connectivity index (χ4v) is 4.44. The Kier molecular flexibility index (Phi) is 4.71. The monoisotopic (exact) mass is 300 g/mol. The molecule has 2 aromatic heterocycles. The van der Waals surface area contributed by atoms with E-state index in [1.54, 1.807) is 10.4 Å². The first-order valence-electron chi connectivity index (χ1n) is 8.01. The maximum atomic E-state index is 4.38. The quantitative estimate of drug-likeness (QED) is 0.872. The summed E-state index contributed by atoms with van der Waals surface area (Å²) in [6, 6.07) is 4.87. The topological polar surface area (TPSA) is 24.9 Å². The van der Waals surface area contributed by atoms with Crippen molar-refractivity contribution in [3.8, 4) is 0 Å². The van der Waals surface area contributed by atoms with Gasteiger partial charge in [-0.1, -0.05) is 6.92 Å². The van der Waals surface area contributed by atoms with E-state index in [-0.39, 0.29) is 0 Å². The highest BCUT2D eigenvalue weighted by molar-refractivity contribution is 7.10. The molecule has 1 aliphatic carbocycles. The largest absolute Gasteiger partial charge is 0.309 e. The van der Waals surface area contributed by atoms with E-state index in [2.05, 4.69) is 47.9 Å². The van der Waals surface area contributed by atoms with Crippen LogP contribution < -0.4 is 5.32 Å². The van der Waals surface area contributed by atoms with E-state index in [4.69, 9.17) is 0 Å². The summed E-state index contributed by atoms with van der Waals surface area (Å²) in [4.78, 5) is 5.97. The summed E-state index contributed by atoms with van der Waals surface area (Å²) in [7, 11) is 0. The minimum Gasteiger partial charge on any atom is -0.309 e. The lowest BCUT2D eigenvalue weighted by atomic mass is 9.79. The molecule has 21 heavy (non-hydrogen) atoms. The molecule has 2 unspecified atom stereocenters. The fraction of sp³-hybridized carbons (Fsp3) is 0.500. The van der Waals surface area contributed by atoms with E-state index in [9.17, 15) is 0 Å². The van der Waals surface area contributed by atoms with Crippen LogP contribution >= 0.6 is 11.3 Å². The Labute approximate surface area is 131 Å². The molecule has 1 N–H and O–H groups in total. The number of nitrogens with one attached hydrogen (secondary N) is 1. The van der Waals surface area contributed by atoms with Crippen molar-refractivity contribution in [2.24, 2.45) is 0 Å². The van der Waals surface area contributed by atoms with Crippen LogP contribution in [0.4, 0.5) is 0 Å². The Morgan fingerprint density at radius 1 is 1.43 bits per heavy atom. The van der Waals surface area contributed by atoms with Crippen molar-refractivity contribution < 1.29 is 0 Å². The molecule has 3 rings (SSSR count). The van der Waals surface area contributed by atoms with Crippen molar-refractivity contribution in [3.63, 3.8) is 0 Å². The summed E-state index contributed by atoms with van der Waals surface area (Å²) >= 11 is 1.93. The number of hydrogen-bond donors (Lipinski definition) is 1. The van der Waals surface area contributed by atoms with Gasteiger partial charge in [-0.25, -0.2) is 0 Å². The zero-order chi connectivity index (χ0) is 14.7. The highest BCUT2D eigenvalue weighted by atomic mass is 32.1. The molecular formula is C18H24N2S. The van der Waals surface area contributed by atoms with Crippen molar-refractivity contribution >= 4 is 11.3 Å². The van der Waals surface area contributed by atoms with E-state index >= 15 is 0 Å². The molecule has 0 spiro atoms. The summed E-state index contributed by atoms with van der Waals surface area (Å²) in [6.07, 6.45) is 8.96. The Morgan fingerprint density at radius 2 is 2.33 bits per heavy atom. The summed E-state index contributed by atoms with van der Waals surface area (Å²) in [5.74, 6) is 0.592. The third-order valence-corrected chi connectivity index (χ3v) is 5.53. The van der Waals surface area contributed by atoms with Crippen LogP contribution in [-0.4, -0.2) is 11.5 Å². The first kappa shape index (κ1) is 14.7. The molecule has 2 aromatic rings. The minimum atomic E-state index is 0.396. The average Bonchev–Trinajstić information content (AvgIpc) is 2.98. The molecule has 0 radical (unpaired) electrons. The van der Waals surface area contributed by atoms with Gasteiger partial charge in [-0.15, -0.1) is 11.3 Å². The molecule has 0 saturated heterocycles. The van der Waals surface area contributed by atoms with E-state index < -0.39 is 0 Å². The molecule has 0 saturated carbocycles. The van der Waals surface area contributed by atoms with Gasteiger partial charge in [-0.05, 0) is 73.4 Å². The molecule has 112 valence electrons. The van der Waals surface area contributed by atoms with Crippen molar-refractivity contribution in [1.29, 1.82) is 0 Å². The second kappa shape index (κ2) is 6.71. The van der Waals surface area contributed by atoms with Gasteiger partial charge in [0, 0.05) is 29.2 Å². The number of fused-ring (bicyclic) bond motifs is 1. The predicted octanol–water partition coefficient (Wildman–Crippen LogP) is 4.61. The van der Waals surface area contributed by atoms with E-state index in [1.165, 1.54) is 36.8 Å². The number of aromatic nitrogens is 1. The second-order valence-corrected chi connectivity index (χ2v) is 6.96. The van der Waals surface area contributed by atoms with Gasteiger partial charge in [0.25, 0.3) is 0 Å². The lowest BCUT2D eigenvalue weighted by Crippen LogP contribution is -2.30. The predicted molar refractivity (Wildman–Crippen MR) is 90.0 cm³/mol. The van der Waals surface area contributed by atoms with Gasteiger partial charge in [0.05, 0.1) is 0 Å². The molecule has 0 aromatic carbocycles. The zero-order valence-corrected chi connectivity index (χ0v) is 13.7. The highest BCUT2D eigenvalue weighted by Gasteiger charge is 2.30. The molecule has 2 nitrogen and oxygen atoms in total. The van der Waals surface area contributed by atoms with Crippen LogP contribution in [0, 0.1) is 6.92 Å². The SMILES string of the molecule is CCCNC(c1cnccc1C)C1CCCc2sccc21. The normalized spacial score (nSPS) is 19.2. The lowest BCUT2D eigenvalue weighted by Gasteiger charge is -2.32. The number of thiophene rings is 1. The maximum absolute atomic E-state index is 4.38. The molecule has 2 atom stereocenters. The Morgan fingerprint density at radius 3 is 3.14 bits per heavy atom. The lowest BCUT2D eigenvalue weighted by molar-refractivity contribution is 0.402. The van der Waals surface area contributed by atoms with E-state index in [0.717, 1.165) is 6.54 Å². The number of nitrogens with zero attached hydrogens (tertiary/aromatic N) is 1. The van der Waals surface area contributed by atoms with Crippen LogP contribution in [0.5, 0.6) is 0 Å². The van der Waals surface area contributed by atoms with Crippen molar-refractivity contribution in [1.82, 2.24) is 10.3 Å². The third kappa shape index (κ3) is 3.04. The van der Waals surface area contributed by atoms with Gasteiger partial charge in [0.15, 0.2) is 0 Å². The molecular weight excluding hydrogens is 276 g/mol. The van der Waals surface area contributed by atoms with Gasteiger partial charge in [-0.2, -0.15) is 0 Å². The zero-order valence-electron chi connectivity index (χ0n) is 12.9. The van der Waals surface area contributed by atoms with E-state index in [0.29, 0.717) is 12.0 Å². The Bertz CT molecular complexity index is 590. The number of rotatable bonds is 5. The highest BCUT2D eigenvalue weighted by Crippen LogP contribution is 2.42. The second-order valence-electron chi connectivity index (χ2n) is 5.96. The van der Waals surface area contributed by atoms with Crippen LogP contribution in [0.25, 0.3) is 0 Å². The summed E-state index contributed by atoms with van der Waals surface area (Å²) in [6.45, 7) is 5.50. The van der Waals surface area contributed by atoms with Gasteiger partial charge in [-0.3, -0.25) is 4.98 Å². The third-order valence-electron chi connectivity index (χ3n) is 4.53. The number of pyridine rings is 1. The van der Waals surface area contributed by atoms with Gasteiger partial charge >= 0.3 is 0 Å². The molecule has 0 aliphatic heterocycles. The summed E-state index contributed by atoms with van der Waals surface area (Å²) in [5.41, 5.74) is 4.29. The standard InChI is InChI=1S/C18H24N2S/c1-3-9-20-18(16-12-19-10-7-13(16)2)15-5-4-6-17-14(15)8-11-21-17/h7-8,10-12,15,18,20H,3-6,9H2,1-2H3. The van der Waals surface area contributed by atoms with Crippen LogP contribution in [0.3, 0.4) is 0 Å². The van der Waals surface area contributed by atoms with Gasteiger partial charge < -0.3 is 5.32 Å². The Hall–Kier alpha value is -1.19. The number of aryl methyl sites for hydroxylation is 2. The smallest absolute Gasteiger partial charge is 0.0407 e. The van der Waals surface area contributed by atoms with Crippen LogP contribution in [0.1, 0.15) is 59.7 Å². The first-order valence-corrected chi connectivity index (χ1v) is 8.89. The van der Waals surface area contributed by atoms with Crippen molar-refractivity contribution in [3.05, 3.63) is 51.5 Å². The van der Waals surface area contributed by atoms with Crippen molar-refractivity contribution in [2.45, 2.75) is 51.5 Å². The van der Waals surface area contributed by atoms with Gasteiger partial charge in [0.2, 0.25) is 0 Å². The average molecular weight is 300 g/mol. The molecule has 2 heterocycles. The van der Waals surface area contributed by atoms with Crippen molar-refractivity contribution in [2.75, 3.05) is 6.54 Å². The Balaban J connectivity index is 1.96. The van der Waals surface area contributed by atoms with Crippen LogP contribution in [-0.2, 0) is 6.42 Å². The summed E-state index contributed by atoms with van der Waals surface area (Å²) in [5, 5.41) is 6.05. The molecule has 3 heteroatoms. The van der Waals surface area contributed by atoms with Gasteiger partial charge in [0.1, 0.15) is 0 Å².